The predicted molar refractivity (Wildman–Crippen MR) is 65.4 cm³/mol. The van der Waals surface area contributed by atoms with E-state index in [1.165, 1.54) is 25.4 Å². The van der Waals surface area contributed by atoms with Gasteiger partial charge in [-0.15, -0.1) is 0 Å². The Morgan fingerprint density at radius 3 is 2.72 bits per heavy atom. The fourth-order valence-electron chi connectivity index (χ4n) is 1.48. The van der Waals surface area contributed by atoms with E-state index in [0.717, 1.165) is 0 Å². The molecule has 0 aliphatic carbocycles. The summed E-state index contributed by atoms with van der Waals surface area (Å²) in [5.74, 6) is -0.818. The van der Waals surface area contributed by atoms with Crippen molar-refractivity contribution in [1.29, 1.82) is 0 Å². The van der Waals surface area contributed by atoms with Gasteiger partial charge in [0.15, 0.2) is 0 Å². The van der Waals surface area contributed by atoms with Gasteiger partial charge >= 0.3 is 5.97 Å². The van der Waals surface area contributed by atoms with Gasteiger partial charge in [-0.1, -0.05) is 0 Å². The lowest BCUT2D eigenvalue weighted by Crippen LogP contribution is -2.00. The molecule has 0 bridgehead atoms. The third kappa shape index (κ3) is 2.37. The van der Waals surface area contributed by atoms with Crippen LogP contribution in [0.5, 0.6) is 5.88 Å². The van der Waals surface area contributed by atoms with Gasteiger partial charge in [0, 0.05) is 24.0 Å². The Morgan fingerprint density at radius 1 is 1.33 bits per heavy atom. The first kappa shape index (κ1) is 11.8. The molecule has 0 radical (unpaired) electrons. The number of hydrogen-bond acceptors (Lipinski definition) is 5. The molecule has 0 amide bonds. The highest BCUT2D eigenvalue weighted by Gasteiger charge is 2.10. The topological polar surface area (TPSA) is 98.3 Å². The number of pyridine rings is 2. The summed E-state index contributed by atoms with van der Waals surface area (Å²) in [7, 11) is 1.43. The quantitative estimate of drug-likeness (QED) is 0.848. The summed E-state index contributed by atoms with van der Waals surface area (Å²) in [6, 6.07) is 4.47. The summed E-state index contributed by atoms with van der Waals surface area (Å²) in [5.41, 5.74) is 7.29. The number of carbonyl (C=O) groups is 1. The molecule has 0 fully saturated rings. The van der Waals surface area contributed by atoms with Crippen LogP contribution in [-0.2, 0) is 0 Å². The van der Waals surface area contributed by atoms with Crippen LogP contribution in [0.15, 0.2) is 30.6 Å². The number of carboxylic acid groups (broad SMARTS) is 1. The Balaban J connectivity index is 2.56. The molecule has 6 heteroatoms. The molecule has 0 aromatic carbocycles. The largest absolute Gasteiger partial charge is 0.481 e. The lowest BCUT2D eigenvalue weighted by atomic mass is 10.1. The number of ether oxygens (including phenoxy) is 1. The molecule has 2 rings (SSSR count). The number of aromatic carboxylic acids is 1. The Morgan fingerprint density at radius 2 is 2.11 bits per heavy atom. The number of nitrogens with zero attached hydrogens (tertiary/aromatic N) is 2. The summed E-state index contributed by atoms with van der Waals surface area (Å²) < 4.78 is 4.97. The molecule has 0 atom stereocenters. The number of hydrogen-bond donors (Lipinski definition) is 2. The maximum Gasteiger partial charge on any atom is 0.335 e. The SMILES string of the molecule is COc1cc(C(=O)O)cc(-c2cncc(N)c2)n1. The third-order valence-electron chi connectivity index (χ3n) is 2.31. The minimum atomic E-state index is -1.05. The summed E-state index contributed by atoms with van der Waals surface area (Å²) in [4.78, 5) is 19.1. The van der Waals surface area contributed by atoms with Crippen LogP contribution >= 0.6 is 0 Å². The Bertz CT molecular complexity index is 599. The maximum atomic E-state index is 11.0. The highest BCUT2D eigenvalue weighted by atomic mass is 16.5. The lowest BCUT2D eigenvalue weighted by Gasteiger charge is -2.06. The van der Waals surface area contributed by atoms with E-state index in [-0.39, 0.29) is 11.4 Å². The average Bonchev–Trinajstić information content (AvgIpc) is 2.38. The lowest BCUT2D eigenvalue weighted by molar-refractivity contribution is 0.0696. The molecule has 18 heavy (non-hydrogen) atoms. The van der Waals surface area contributed by atoms with Crippen molar-refractivity contribution in [2.24, 2.45) is 0 Å². The first-order valence-corrected chi connectivity index (χ1v) is 5.10. The Hall–Kier alpha value is -2.63. The van der Waals surface area contributed by atoms with Crippen LogP contribution in [0.4, 0.5) is 5.69 Å². The molecule has 0 saturated carbocycles. The molecule has 0 spiro atoms. The standard InChI is InChI=1S/C12H11N3O3/c1-18-11-4-7(12(16)17)3-10(15-11)8-2-9(13)6-14-5-8/h2-6H,13H2,1H3,(H,16,17). The van der Waals surface area contributed by atoms with Crippen molar-refractivity contribution in [3.05, 3.63) is 36.2 Å². The predicted octanol–water partition coefficient (Wildman–Crippen LogP) is 1.43. The van der Waals surface area contributed by atoms with Crippen LogP contribution in [0.25, 0.3) is 11.3 Å². The van der Waals surface area contributed by atoms with Crippen LogP contribution in [0.2, 0.25) is 0 Å². The van der Waals surface area contributed by atoms with Crippen LogP contribution in [0, 0.1) is 0 Å². The zero-order valence-corrected chi connectivity index (χ0v) is 9.62. The number of carboxylic acids is 1. The number of nitrogens with two attached hydrogens (primary N) is 1. The number of methoxy groups -OCH3 is 1. The Labute approximate surface area is 103 Å². The van der Waals surface area contributed by atoms with Crippen LogP contribution in [0.1, 0.15) is 10.4 Å². The van der Waals surface area contributed by atoms with E-state index in [1.54, 1.807) is 12.3 Å². The molecule has 92 valence electrons. The van der Waals surface area contributed by atoms with Gasteiger partial charge in [0.05, 0.1) is 24.1 Å². The van der Waals surface area contributed by atoms with Gasteiger partial charge in [0.2, 0.25) is 5.88 Å². The normalized spacial score (nSPS) is 10.1. The molecular weight excluding hydrogens is 234 g/mol. The van der Waals surface area contributed by atoms with Gasteiger partial charge in [0.25, 0.3) is 0 Å². The molecule has 0 aliphatic heterocycles. The first-order valence-electron chi connectivity index (χ1n) is 5.10. The van der Waals surface area contributed by atoms with E-state index in [1.807, 2.05) is 0 Å². The van der Waals surface area contributed by atoms with Gasteiger partial charge < -0.3 is 15.6 Å². The van der Waals surface area contributed by atoms with Gasteiger partial charge in [-0.05, 0) is 12.1 Å². The number of rotatable bonds is 3. The molecular formula is C12H11N3O3. The van der Waals surface area contributed by atoms with E-state index >= 15 is 0 Å². The van der Waals surface area contributed by atoms with Gasteiger partial charge in [0.1, 0.15) is 0 Å². The van der Waals surface area contributed by atoms with E-state index in [0.29, 0.717) is 16.9 Å². The van der Waals surface area contributed by atoms with Gasteiger partial charge in [-0.25, -0.2) is 9.78 Å². The van der Waals surface area contributed by atoms with Crippen molar-refractivity contribution in [2.45, 2.75) is 0 Å². The molecule has 6 nitrogen and oxygen atoms in total. The first-order chi connectivity index (χ1) is 8.60. The minimum absolute atomic E-state index is 0.0966. The zero-order chi connectivity index (χ0) is 13.1. The fraction of sp³-hybridized carbons (Fsp3) is 0.0833. The fourth-order valence-corrected chi connectivity index (χ4v) is 1.48. The summed E-state index contributed by atoms with van der Waals surface area (Å²) in [6.45, 7) is 0. The van der Waals surface area contributed by atoms with Crippen molar-refractivity contribution in [3.8, 4) is 17.1 Å². The molecule has 2 aromatic heterocycles. The number of aromatic nitrogens is 2. The molecule has 0 aliphatic rings. The second-order valence-corrected chi connectivity index (χ2v) is 3.60. The second kappa shape index (κ2) is 4.70. The smallest absolute Gasteiger partial charge is 0.335 e. The van der Waals surface area contributed by atoms with Crippen molar-refractivity contribution < 1.29 is 14.6 Å². The van der Waals surface area contributed by atoms with E-state index in [2.05, 4.69) is 9.97 Å². The highest BCUT2D eigenvalue weighted by molar-refractivity contribution is 5.89. The van der Waals surface area contributed by atoms with Crippen molar-refractivity contribution in [2.75, 3.05) is 12.8 Å². The molecule has 0 unspecified atom stereocenters. The maximum absolute atomic E-state index is 11.0. The zero-order valence-electron chi connectivity index (χ0n) is 9.62. The highest BCUT2D eigenvalue weighted by Crippen LogP contribution is 2.22. The summed E-state index contributed by atoms with van der Waals surface area (Å²) >= 11 is 0. The van der Waals surface area contributed by atoms with Crippen molar-refractivity contribution in [1.82, 2.24) is 9.97 Å². The molecule has 0 saturated heterocycles. The van der Waals surface area contributed by atoms with Crippen molar-refractivity contribution in [3.63, 3.8) is 0 Å². The number of nitrogen functional groups attached to an aromatic ring is 1. The Kier molecular flexibility index (Phi) is 3.09. The summed E-state index contributed by atoms with van der Waals surface area (Å²) in [5, 5.41) is 9.01. The molecule has 3 N–H and O–H groups in total. The summed E-state index contributed by atoms with van der Waals surface area (Å²) in [6.07, 6.45) is 3.06. The minimum Gasteiger partial charge on any atom is -0.481 e. The van der Waals surface area contributed by atoms with E-state index in [4.69, 9.17) is 15.6 Å². The number of anilines is 1. The monoisotopic (exact) mass is 245 g/mol. The van der Waals surface area contributed by atoms with E-state index < -0.39 is 5.97 Å². The van der Waals surface area contributed by atoms with Crippen molar-refractivity contribution >= 4 is 11.7 Å². The van der Waals surface area contributed by atoms with Crippen LogP contribution < -0.4 is 10.5 Å². The van der Waals surface area contributed by atoms with Crippen LogP contribution in [0.3, 0.4) is 0 Å². The third-order valence-corrected chi connectivity index (χ3v) is 2.31. The average molecular weight is 245 g/mol. The van der Waals surface area contributed by atoms with E-state index in [9.17, 15) is 4.79 Å². The van der Waals surface area contributed by atoms with Crippen LogP contribution in [-0.4, -0.2) is 28.2 Å². The van der Waals surface area contributed by atoms with Gasteiger partial charge in [-0.2, -0.15) is 0 Å². The molecule has 2 aromatic rings. The second-order valence-electron chi connectivity index (χ2n) is 3.60. The van der Waals surface area contributed by atoms with Gasteiger partial charge in [-0.3, -0.25) is 4.98 Å². The molecule has 2 heterocycles.